The van der Waals surface area contributed by atoms with Crippen LogP contribution in [0.5, 0.6) is 0 Å². The zero-order chi connectivity index (χ0) is 21.8. The molecule has 0 N–H and O–H groups in total. The Balaban J connectivity index is 1.64. The molecule has 168 valence electrons. The van der Waals surface area contributed by atoms with E-state index in [0.717, 1.165) is 51.4 Å². The summed E-state index contributed by atoms with van der Waals surface area (Å²) in [6.45, 7) is 9.49. The van der Waals surface area contributed by atoms with Crippen molar-refractivity contribution in [2.75, 3.05) is 0 Å². The third-order valence-electron chi connectivity index (χ3n) is 9.75. The third kappa shape index (κ3) is 3.40. The van der Waals surface area contributed by atoms with E-state index in [0.29, 0.717) is 23.5 Å². The minimum absolute atomic E-state index is 0.0717. The lowest BCUT2D eigenvalue weighted by molar-refractivity contribution is -0.196. The van der Waals surface area contributed by atoms with Crippen molar-refractivity contribution in [2.45, 2.75) is 98.2 Å². The van der Waals surface area contributed by atoms with Crippen molar-refractivity contribution in [3.05, 3.63) is 0 Å². The van der Waals surface area contributed by atoms with E-state index < -0.39 is 0 Å². The van der Waals surface area contributed by atoms with Crippen LogP contribution in [0.2, 0.25) is 0 Å². The topological polar surface area (TPSA) is 69.7 Å². The van der Waals surface area contributed by atoms with Crippen LogP contribution in [0.3, 0.4) is 0 Å². The summed E-state index contributed by atoms with van der Waals surface area (Å²) in [5.74, 6) is 1.94. The van der Waals surface area contributed by atoms with Crippen molar-refractivity contribution in [2.24, 2.45) is 40.4 Å². The number of esters is 2. The molecule has 0 radical (unpaired) electrons. The molecule has 5 nitrogen and oxygen atoms in total. The number of carbonyl (C=O) groups is 3. The summed E-state index contributed by atoms with van der Waals surface area (Å²) in [7, 11) is 0. The van der Waals surface area contributed by atoms with E-state index in [-0.39, 0.29) is 46.8 Å². The van der Waals surface area contributed by atoms with Crippen LogP contribution in [0.1, 0.15) is 86.0 Å². The average Bonchev–Trinajstić information content (AvgIpc) is 2.99. The number of fused-ring (bicyclic) bond motifs is 5. The Morgan fingerprint density at radius 2 is 1.37 bits per heavy atom. The first kappa shape index (κ1) is 21.8. The molecule has 0 aliphatic heterocycles. The van der Waals surface area contributed by atoms with Gasteiger partial charge in [-0.15, -0.1) is 0 Å². The molecule has 0 spiro atoms. The fourth-order valence-corrected chi connectivity index (χ4v) is 8.58. The number of carbonyl (C=O) groups excluding carboxylic acids is 3. The normalized spacial score (nSPS) is 47.4. The molecule has 0 bridgehead atoms. The van der Waals surface area contributed by atoms with Crippen molar-refractivity contribution in [3.63, 3.8) is 0 Å². The highest BCUT2D eigenvalue weighted by molar-refractivity contribution is 5.79. The first-order chi connectivity index (χ1) is 14.1. The smallest absolute Gasteiger partial charge is 0.302 e. The molecule has 9 atom stereocenters. The summed E-state index contributed by atoms with van der Waals surface area (Å²) in [5, 5.41) is 0. The monoisotopic (exact) mass is 418 g/mol. The maximum Gasteiger partial charge on any atom is 0.302 e. The van der Waals surface area contributed by atoms with Crippen LogP contribution in [0.15, 0.2) is 0 Å². The molecule has 0 saturated heterocycles. The van der Waals surface area contributed by atoms with Gasteiger partial charge in [0.15, 0.2) is 0 Å². The minimum Gasteiger partial charge on any atom is -0.463 e. The van der Waals surface area contributed by atoms with Gasteiger partial charge in [0.2, 0.25) is 0 Å². The highest BCUT2D eigenvalue weighted by Crippen LogP contribution is 2.67. The van der Waals surface area contributed by atoms with E-state index in [1.54, 1.807) is 6.92 Å². The van der Waals surface area contributed by atoms with Crippen LogP contribution >= 0.6 is 0 Å². The van der Waals surface area contributed by atoms with E-state index in [4.69, 9.17) is 9.47 Å². The van der Waals surface area contributed by atoms with Crippen molar-refractivity contribution in [3.8, 4) is 0 Å². The van der Waals surface area contributed by atoms with Gasteiger partial charge in [-0.3, -0.25) is 14.4 Å². The molecule has 0 heterocycles. The van der Waals surface area contributed by atoms with Gasteiger partial charge in [-0.05, 0) is 86.9 Å². The zero-order valence-electron chi connectivity index (χ0n) is 19.2. The molecule has 4 aliphatic rings. The summed E-state index contributed by atoms with van der Waals surface area (Å²) in [5.41, 5.74) is 0.182. The summed E-state index contributed by atoms with van der Waals surface area (Å²) in [4.78, 5) is 35.9. The van der Waals surface area contributed by atoms with Gasteiger partial charge < -0.3 is 9.47 Å². The Kier molecular flexibility index (Phi) is 5.55. The van der Waals surface area contributed by atoms with E-state index in [9.17, 15) is 14.4 Å². The molecule has 4 fully saturated rings. The van der Waals surface area contributed by atoms with Crippen LogP contribution in [0, 0.1) is 40.4 Å². The van der Waals surface area contributed by atoms with Gasteiger partial charge in [0.1, 0.15) is 18.0 Å². The molecule has 4 aliphatic carbocycles. The fourth-order valence-electron chi connectivity index (χ4n) is 8.58. The van der Waals surface area contributed by atoms with Crippen LogP contribution in [-0.4, -0.2) is 29.9 Å². The second-order valence-electron chi connectivity index (χ2n) is 11.2. The number of rotatable bonds is 3. The molecule has 9 unspecified atom stereocenters. The van der Waals surface area contributed by atoms with E-state index in [2.05, 4.69) is 13.8 Å². The van der Waals surface area contributed by atoms with Gasteiger partial charge in [0.05, 0.1) is 0 Å². The van der Waals surface area contributed by atoms with Gasteiger partial charge in [-0.2, -0.15) is 0 Å². The second-order valence-corrected chi connectivity index (χ2v) is 11.2. The number of ether oxygens (including phenoxy) is 2. The van der Waals surface area contributed by atoms with Crippen LogP contribution in [0.4, 0.5) is 0 Å². The Morgan fingerprint density at radius 3 is 2.00 bits per heavy atom. The first-order valence-corrected chi connectivity index (χ1v) is 11.9. The molecule has 5 heteroatoms. The van der Waals surface area contributed by atoms with E-state index in [1.165, 1.54) is 13.8 Å². The molecular formula is C25H38O5. The quantitative estimate of drug-likeness (QED) is 0.621. The van der Waals surface area contributed by atoms with Crippen molar-refractivity contribution in [1.82, 2.24) is 0 Å². The van der Waals surface area contributed by atoms with Gasteiger partial charge >= 0.3 is 11.9 Å². The maximum absolute atomic E-state index is 12.4. The third-order valence-corrected chi connectivity index (χ3v) is 9.75. The minimum atomic E-state index is -0.226. The van der Waals surface area contributed by atoms with Gasteiger partial charge in [-0.25, -0.2) is 0 Å². The van der Waals surface area contributed by atoms with Gasteiger partial charge in [-0.1, -0.05) is 13.8 Å². The molecule has 0 aromatic rings. The Morgan fingerprint density at radius 1 is 0.733 bits per heavy atom. The summed E-state index contributed by atoms with van der Waals surface area (Å²) in [6, 6.07) is 0. The van der Waals surface area contributed by atoms with Crippen LogP contribution in [-0.2, 0) is 23.9 Å². The van der Waals surface area contributed by atoms with Crippen molar-refractivity contribution in [1.29, 1.82) is 0 Å². The Labute approximate surface area is 180 Å². The summed E-state index contributed by atoms with van der Waals surface area (Å²) >= 11 is 0. The van der Waals surface area contributed by atoms with E-state index >= 15 is 0 Å². The number of hydrogen-bond acceptors (Lipinski definition) is 5. The molecule has 0 aromatic heterocycles. The molecule has 4 rings (SSSR count). The number of Topliss-reactive ketones (excluding diaryl/α,β-unsaturated/α-hetero) is 1. The Hall–Kier alpha value is -1.39. The predicted octanol–water partition coefficient (Wildman–Crippen LogP) is 4.71. The molecular weight excluding hydrogens is 380 g/mol. The zero-order valence-corrected chi connectivity index (χ0v) is 19.2. The molecule has 4 saturated carbocycles. The van der Waals surface area contributed by atoms with Crippen molar-refractivity contribution < 1.29 is 23.9 Å². The largest absolute Gasteiger partial charge is 0.463 e. The second kappa shape index (κ2) is 7.63. The number of ketones is 1. The summed E-state index contributed by atoms with van der Waals surface area (Å²) < 4.78 is 11.5. The van der Waals surface area contributed by atoms with E-state index in [1.807, 2.05) is 0 Å². The SMILES string of the molecule is CC(=O)OC1CCC2(C)C(C1)C(OC(C)=O)CC1C3CCC(C(C)=O)C3(C)CCC12. The van der Waals surface area contributed by atoms with Gasteiger partial charge in [0, 0.05) is 25.7 Å². The van der Waals surface area contributed by atoms with Crippen LogP contribution in [0.25, 0.3) is 0 Å². The average molecular weight is 419 g/mol. The molecule has 0 aromatic carbocycles. The van der Waals surface area contributed by atoms with Crippen molar-refractivity contribution >= 4 is 17.7 Å². The van der Waals surface area contributed by atoms with Gasteiger partial charge in [0.25, 0.3) is 0 Å². The lowest BCUT2D eigenvalue weighted by Gasteiger charge is -2.62. The maximum atomic E-state index is 12.4. The first-order valence-electron chi connectivity index (χ1n) is 11.9. The molecule has 0 amide bonds. The standard InChI is InChI=1S/C25H38O5/c1-14(26)19-6-7-20-18-13-23(30-16(3)28)22-12-17(29-15(2)27)8-10-25(22,5)21(18)9-11-24(19,20)4/h17-23H,6-13H2,1-5H3. The van der Waals surface area contributed by atoms with Crippen LogP contribution < -0.4 is 0 Å². The lowest BCUT2D eigenvalue weighted by Crippen LogP contribution is -2.59. The predicted molar refractivity (Wildman–Crippen MR) is 112 cm³/mol. The lowest BCUT2D eigenvalue weighted by atomic mass is 9.44. The number of hydrogen-bond donors (Lipinski definition) is 0. The Bertz CT molecular complexity index is 731. The summed E-state index contributed by atoms with van der Waals surface area (Å²) in [6.07, 6.45) is 7.78. The highest BCUT2D eigenvalue weighted by Gasteiger charge is 2.63. The molecule has 30 heavy (non-hydrogen) atoms. The highest BCUT2D eigenvalue weighted by atomic mass is 16.5. The fraction of sp³-hybridized carbons (Fsp3) is 0.880.